The standard InChI is InChI=1S/C13H19NO3S/c1-11(2)10-18(15,16)14-13(8-9-17-14)12-6-4-3-5-7-12/h3-7,11,13H,8-10H2,1-2H3/t13-/m0/s1. The Morgan fingerprint density at radius 2 is 2.00 bits per heavy atom. The van der Waals surface area contributed by atoms with Gasteiger partial charge in [0.05, 0.1) is 18.4 Å². The van der Waals surface area contributed by atoms with Gasteiger partial charge in [0.15, 0.2) is 0 Å². The van der Waals surface area contributed by atoms with E-state index in [-0.39, 0.29) is 17.7 Å². The fraction of sp³-hybridized carbons (Fsp3) is 0.538. The van der Waals surface area contributed by atoms with Gasteiger partial charge in [0.2, 0.25) is 10.0 Å². The summed E-state index contributed by atoms with van der Waals surface area (Å²) < 4.78 is 25.7. The van der Waals surface area contributed by atoms with E-state index in [4.69, 9.17) is 4.84 Å². The van der Waals surface area contributed by atoms with Crippen LogP contribution in [0.25, 0.3) is 0 Å². The van der Waals surface area contributed by atoms with Gasteiger partial charge in [0, 0.05) is 0 Å². The lowest BCUT2D eigenvalue weighted by Crippen LogP contribution is -2.33. The van der Waals surface area contributed by atoms with Gasteiger partial charge >= 0.3 is 0 Å². The van der Waals surface area contributed by atoms with Gasteiger partial charge < -0.3 is 0 Å². The van der Waals surface area contributed by atoms with Crippen LogP contribution in [-0.4, -0.2) is 25.2 Å². The van der Waals surface area contributed by atoms with Crippen LogP contribution in [-0.2, 0) is 14.9 Å². The van der Waals surface area contributed by atoms with Crippen LogP contribution >= 0.6 is 0 Å². The zero-order chi connectivity index (χ0) is 13.2. The maximum atomic E-state index is 12.2. The van der Waals surface area contributed by atoms with Crippen LogP contribution in [0.1, 0.15) is 31.9 Å². The highest BCUT2D eigenvalue weighted by Gasteiger charge is 2.36. The number of hydroxylamine groups is 1. The molecule has 0 aromatic heterocycles. The summed E-state index contributed by atoms with van der Waals surface area (Å²) in [6, 6.07) is 9.46. The van der Waals surface area contributed by atoms with Crippen molar-refractivity contribution in [1.29, 1.82) is 0 Å². The van der Waals surface area contributed by atoms with Crippen LogP contribution in [0.3, 0.4) is 0 Å². The molecule has 2 rings (SSSR count). The van der Waals surface area contributed by atoms with E-state index in [2.05, 4.69) is 0 Å². The van der Waals surface area contributed by atoms with Gasteiger partial charge in [-0.25, -0.2) is 8.42 Å². The van der Waals surface area contributed by atoms with E-state index in [9.17, 15) is 8.42 Å². The molecule has 0 aliphatic carbocycles. The molecule has 18 heavy (non-hydrogen) atoms. The minimum atomic E-state index is -3.35. The van der Waals surface area contributed by atoms with Crippen LogP contribution < -0.4 is 0 Å². The molecule has 0 saturated carbocycles. The molecular weight excluding hydrogens is 250 g/mol. The van der Waals surface area contributed by atoms with Crippen molar-refractivity contribution in [3.05, 3.63) is 35.9 Å². The SMILES string of the molecule is CC(C)CS(=O)(=O)N1OCC[C@H]1c1ccccc1. The first kappa shape index (κ1) is 13.5. The average molecular weight is 269 g/mol. The first-order valence-corrected chi connectivity index (χ1v) is 7.81. The van der Waals surface area contributed by atoms with Gasteiger partial charge in [-0.3, -0.25) is 4.84 Å². The molecule has 1 heterocycles. The fourth-order valence-electron chi connectivity index (χ4n) is 2.18. The number of rotatable bonds is 4. The Morgan fingerprint density at radius 1 is 1.33 bits per heavy atom. The van der Waals surface area contributed by atoms with E-state index in [1.165, 1.54) is 4.47 Å². The first-order valence-electron chi connectivity index (χ1n) is 6.20. The minimum Gasteiger partial charge on any atom is -0.284 e. The number of hydrogen-bond donors (Lipinski definition) is 0. The van der Waals surface area contributed by atoms with Crippen LogP contribution in [0.5, 0.6) is 0 Å². The van der Waals surface area contributed by atoms with Gasteiger partial charge in [0.1, 0.15) is 0 Å². The molecule has 1 aliphatic heterocycles. The van der Waals surface area contributed by atoms with E-state index in [0.29, 0.717) is 13.0 Å². The second-order valence-corrected chi connectivity index (χ2v) is 6.83. The third kappa shape index (κ3) is 2.91. The van der Waals surface area contributed by atoms with Crippen molar-refractivity contribution < 1.29 is 13.3 Å². The summed E-state index contributed by atoms with van der Waals surface area (Å²) in [5.74, 6) is 0.215. The molecule has 0 N–H and O–H groups in total. The number of hydrogen-bond acceptors (Lipinski definition) is 3. The Labute approximate surface area is 109 Å². The summed E-state index contributed by atoms with van der Waals surface area (Å²) in [7, 11) is -3.35. The Bertz CT molecular complexity index is 484. The zero-order valence-corrected chi connectivity index (χ0v) is 11.6. The van der Waals surface area contributed by atoms with Crippen LogP contribution in [0.15, 0.2) is 30.3 Å². The van der Waals surface area contributed by atoms with Gasteiger partial charge in [-0.05, 0) is 17.9 Å². The second-order valence-electron chi connectivity index (χ2n) is 4.98. The highest BCUT2D eigenvalue weighted by molar-refractivity contribution is 7.88. The topological polar surface area (TPSA) is 46.6 Å². The van der Waals surface area contributed by atoms with E-state index >= 15 is 0 Å². The van der Waals surface area contributed by atoms with Crippen LogP contribution in [0.4, 0.5) is 0 Å². The number of benzene rings is 1. The van der Waals surface area contributed by atoms with Crippen molar-refractivity contribution in [2.24, 2.45) is 5.92 Å². The normalized spacial score (nSPS) is 21.6. The quantitative estimate of drug-likeness (QED) is 0.843. The lowest BCUT2D eigenvalue weighted by atomic mass is 10.1. The predicted octanol–water partition coefficient (Wildman–Crippen LogP) is 2.35. The third-order valence-corrected chi connectivity index (χ3v) is 4.86. The summed E-state index contributed by atoms with van der Waals surface area (Å²) >= 11 is 0. The van der Waals surface area contributed by atoms with E-state index in [1.54, 1.807) is 0 Å². The van der Waals surface area contributed by atoms with Crippen molar-refractivity contribution in [3.8, 4) is 0 Å². The molecule has 1 fully saturated rings. The summed E-state index contributed by atoms with van der Waals surface area (Å²) in [5, 5.41) is 0. The molecule has 0 unspecified atom stereocenters. The zero-order valence-electron chi connectivity index (χ0n) is 10.7. The van der Waals surface area contributed by atoms with Crippen molar-refractivity contribution >= 4 is 10.0 Å². The van der Waals surface area contributed by atoms with Crippen LogP contribution in [0.2, 0.25) is 0 Å². The minimum absolute atomic E-state index is 0.0932. The molecule has 1 saturated heterocycles. The second kappa shape index (κ2) is 5.38. The maximum absolute atomic E-state index is 12.2. The van der Waals surface area contributed by atoms with E-state index in [0.717, 1.165) is 5.56 Å². The Kier molecular flexibility index (Phi) is 4.04. The molecule has 0 amide bonds. The molecule has 5 heteroatoms. The smallest absolute Gasteiger partial charge is 0.236 e. The molecule has 1 atom stereocenters. The fourth-order valence-corrected chi connectivity index (χ4v) is 4.02. The highest BCUT2D eigenvalue weighted by atomic mass is 32.2. The van der Waals surface area contributed by atoms with Crippen molar-refractivity contribution in [2.45, 2.75) is 26.3 Å². The van der Waals surface area contributed by atoms with Gasteiger partial charge in [-0.1, -0.05) is 48.6 Å². The summed E-state index contributed by atoms with van der Waals surface area (Å²) in [5.41, 5.74) is 0.988. The molecule has 1 aliphatic rings. The first-order chi connectivity index (χ1) is 8.50. The molecular formula is C13H19NO3S. The molecule has 0 spiro atoms. The Hall–Kier alpha value is -0.910. The van der Waals surface area contributed by atoms with Gasteiger partial charge in [-0.15, -0.1) is 0 Å². The monoisotopic (exact) mass is 269 g/mol. The lowest BCUT2D eigenvalue weighted by Gasteiger charge is -2.23. The Balaban J connectivity index is 2.23. The molecule has 1 aromatic carbocycles. The van der Waals surface area contributed by atoms with Gasteiger partial charge in [0.25, 0.3) is 0 Å². The highest BCUT2D eigenvalue weighted by Crippen LogP contribution is 2.33. The lowest BCUT2D eigenvalue weighted by molar-refractivity contribution is -0.0501. The molecule has 100 valence electrons. The maximum Gasteiger partial charge on any atom is 0.236 e. The van der Waals surface area contributed by atoms with E-state index < -0.39 is 10.0 Å². The summed E-state index contributed by atoms with van der Waals surface area (Å²) in [6.07, 6.45) is 0.710. The molecule has 0 bridgehead atoms. The summed E-state index contributed by atoms with van der Waals surface area (Å²) in [6.45, 7) is 4.24. The number of sulfonamides is 1. The molecule has 1 aromatic rings. The molecule has 4 nitrogen and oxygen atoms in total. The predicted molar refractivity (Wildman–Crippen MR) is 70.2 cm³/mol. The van der Waals surface area contributed by atoms with Crippen molar-refractivity contribution in [1.82, 2.24) is 4.47 Å². The summed E-state index contributed by atoms with van der Waals surface area (Å²) in [4.78, 5) is 5.33. The largest absolute Gasteiger partial charge is 0.284 e. The average Bonchev–Trinajstić information content (AvgIpc) is 2.78. The van der Waals surface area contributed by atoms with E-state index in [1.807, 2.05) is 44.2 Å². The molecule has 0 radical (unpaired) electrons. The Morgan fingerprint density at radius 3 is 2.61 bits per heavy atom. The third-order valence-electron chi connectivity index (χ3n) is 2.87. The van der Waals surface area contributed by atoms with Crippen LogP contribution in [0, 0.1) is 5.92 Å². The van der Waals surface area contributed by atoms with Gasteiger partial charge in [-0.2, -0.15) is 0 Å². The number of nitrogens with zero attached hydrogens (tertiary/aromatic N) is 1. The van der Waals surface area contributed by atoms with Crippen molar-refractivity contribution in [3.63, 3.8) is 0 Å². The van der Waals surface area contributed by atoms with Crippen molar-refractivity contribution in [2.75, 3.05) is 12.4 Å².